The summed E-state index contributed by atoms with van der Waals surface area (Å²) in [4.78, 5) is 24.5. The van der Waals surface area contributed by atoms with Gasteiger partial charge >= 0.3 is 12.0 Å². The Bertz CT molecular complexity index is 329. The molecule has 1 aliphatic rings. The molecule has 1 unspecified atom stereocenters. The summed E-state index contributed by atoms with van der Waals surface area (Å²) in [7, 11) is 0. The number of hydrogen-bond acceptors (Lipinski definition) is 2. The van der Waals surface area contributed by atoms with Gasteiger partial charge in [0.05, 0.1) is 0 Å². The summed E-state index contributed by atoms with van der Waals surface area (Å²) in [6, 6.07) is 0.0196. The highest BCUT2D eigenvalue weighted by Gasteiger charge is 2.26. The molecule has 1 aliphatic heterocycles. The van der Waals surface area contributed by atoms with Crippen LogP contribution < -0.4 is 5.32 Å². The van der Waals surface area contributed by atoms with Crippen LogP contribution in [0.1, 0.15) is 45.4 Å². The van der Waals surface area contributed by atoms with Gasteiger partial charge in [-0.1, -0.05) is 12.2 Å². The molecule has 5 heteroatoms. The molecule has 0 aliphatic carbocycles. The molecule has 0 radical (unpaired) electrons. The summed E-state index contributed by atoms with van der Waals surface area (Å²) in [5.74, 6) is -0.793. The summed E-state index contributed by atoms with van der Waals surface area (Å²) in [6.07, 6.45) is 8.48. The maximum Gasteiger partial charge on any atom is 0.317 e. The van der Waals surface area contributed by atoms with Crippen LogP contribution >= 0.6 is 0 Å². The lowest BCUT2D eigenvalue weighted by atomic mass is 9.98. The van der Waals surface area contributed by atoms with Crippen LogP contribution in [0.25, 0.3) is 0 Å². The van der Waals surface area contributed by atoms with Gasteiger partial charge in [-0.15, -0.1) is 0 Å². The third-order valence-corrected chi connectivity index (χ3v) is 3.40. The van der Waals surface area contributed by atoms with Crippen molar-refractivity contribution in [2.24, 2.45) is 0 Å². The maximum atomic E-state index is 12.1. The monoisotopic (exact) mass is 268 g/mol. The number of amides is 2. The van der Waals surface area contributed by atoms with E-state index in [4.69, 9.17) is 5.11 Å². The number of allylic oxidation sites excluding steroid dienone is 1. The van der Waals surface area contributed by atoms with Gasteiger partial charge in [0.1, 0.15) is 0 Å². The average Bonchev–Trinajstić information content (AvgIpc) is 2.41. The summed E-state index contributed by atoms with van der Waals surface area (Å²) in [5.41, 5.74) is 0. The van der Waals surface area contributed by atoms with Crippen molar-refractivity contribution < 1.29 is 14.7 Å². The second-order valence-corrected chi connectivity index (χ2v) is 4.87. The fourth-order valence-electron chi connectivity index (χ4n) is 2.39. The molecule has 0 saturated carbocycles. The zero-order valence-electron chi connectivity index (χ0n) is 11.6. The predicted octanol–water partition coefficient (Wildman–Crippen LogP) is 2.38. The van der Waals surface area contributed by atoms with Crippen molar-refractivity contribution in [2.75, 3.05) is 13.1 Å². The van der Waals surface area contributed by atoms with Crippen LogP contribution in [-0.4, -0.2) is 41.1 Å². The number of hydrogen-bond donors (Lipinski definition) is 2. The van der Waals surface area contributed by atoms with E-state index in [-0.39, 0.29) is 18.5 Å². The quantitative estimate of drug-likeness (QED) is 0.574. The van der Waals surface area contributed by atoms with Crippen molar-refractivity contribution in [1.29, 1.82) is 0 Å². The SMILES string of the molecule is C/C=C/CCNC(=O)N1CCCCC1CCC(=O)O. The number of urea groups is 1. The van der Waals surface area contributed by atoms with E-state index in [2.05, 4.69) is 5.32 Å². The molecule has 0 aromatic heterocycles. The summed E-state index contributed by atoms with van der Waals surface area (Å²) >= 11 is 0. The van der Waals surface area contributed by atoms with Gasteiger partial charge in [0.15, 0.2) is 0 Å². The van der Waals surface area contributed by atoms with Crippen LogP contribution in [0.3, 0.4) is 0 Å². The first-order valence-electron chi connectivity index (χ1n) is 7.02. The van der Waals surface area contributed by atoms with Crippen molar-refractivity contribution in [1.82, 2.24) is 10.2 Å². The first-order valence-corrected chi connectivity index (χ1v) is 7.02. The number of carboxylic acid groups (broad SMARTS) is 1. The summed E-state index contributed by atoms with van der Waals surface area (Å²) in [5, 5.41) is 11.6. The Morgan fingerprint density at radius 3 is 2.89 bits per heavy atom. The van der Waals surface area contributed by atoms with Crippen molar-refractivity contribution in [3.63, 3.8) is 0 Å². The highest BCUT2D eigenvalue weighted by molar-refractivity contribution is 5.74. The number of likely N-dealkylation sites (tertiary alicyclic amines) is 1. The van der Waals surface area contributed by atoms with Crippen molar-refractivity contribution in [2.45, 2.75) is 51.5 Å². The minimum atomic E-state index is -0.793. The number of carbonyl (C=O) groups is 2. The molecule has 5 nitrogen and oxygen atoms in total. The summed E-state index contributed by atoms with van der Waals surface area (Å²) in [6.45, 7) is 3.32. The molecule has 1 fully saturated rings. The van der Waals surface area contributed by atoms with Crippen LogP contribution in [0.5, 0.6) is 0 Å². The third kappa shape index (κ3) is 5.77. The number of piperidine rings is 1. The summed E-state index contributed by atoms with van der Waals surface area (Å²) < 4.78 is 0. The Morgan fingerprint density at radius 1 is 1.42 bits per heavy atom. The number of aliphatic carboxylic acids is 1. The van der Waals surface area contributed by atoms with Gasteiger partial charge in [0.25, 0.3) is 0 Å². The molecule has 1 atom stereocenters. The number of nitrogens with zero attached hydrogens (tertiary/aromatic N) is 1. The standard InChI is InChI=1S/C14H24N2O3/c1-2-3-5-10-15-14(19)16-11-6-4-7-12(16)8-9-13(17)18/h2-3,12H,4-11H2,1H3,(H,15,19)(H,17,18)/b3-2+. The fraction of sp³-hybridized carbons (Fsp3) is 0.714. The van der Waals surface area contributed by atoms with Crippen LogP contribution in [0.4, 0.5) is 4.79 Å². The molecule has 19 heavy (non-hydrogen) atoms. The number of carbonyl (C=O) groups excluding carboxylic acids is 1. The molecule has 1 rings (SSSR count). The molecule has 2 N–H and O–H groups in total. The Hall–Kier alpha value is -1.52. The Balaban J connectivity index is 2.41. The molecule has 0 aromatic carbocycles. The van der Waals surface area contributed by atoms with E-state index in [0.29, 0.717) is 13.0 Å². The van der Waals surface area contributed by atoms with Crippen LogP contribution in [0, 0.1) is 0 Å². The van der Waals surface area contributed by atoms with E-state index < -0.39 is 5.97 Å². The largest absolute Gasteiger partial charge is 0.481 e. The topological polar surface area (TPSA) is 69.6 Å². The number of carboxylic acids is 1. The van der Waals surface area contributed by atoms with Crippen LogP contribution in [-0.2, 0) is 4.79 Å². The Morgan fingerprint density at radius 2 is 2.21 bits per heavy atom. The van der Waals surface area contributed by atoms with Crippen LogP contribution in [0.2, 0.25) is 0 Å². The van der Waals surface area contributed by atoms with E-state index in [9.17, 15) is 9.59 Å². The minimum absolute atomic E-state index is 0.0559. The zero-order valence-corrected chi connectivity index (χ0v) is 11.6. The molecule has 2 amide bonds. The lowest BCUT2D eigenvalue weighted by Crippen LogP contribution is -2.49. The van der Waals surface area contributed by atoms with Crippen molar-refractivity contribution in [3.8, 4) is 0 Å². The average molecular weight is 268 g/mol. The number of nitrogens with one attached hydrogen (secondary N) is 1. The van der Waals surface area contributed by atoms with Gasteiger partial charge in [0.2, 0.25) is 0 Å². The first kappa shape index (κ1) is 15.5. The van der Waals surface area contributed by atoms with E-state index in [1.165, 1.54) is 0 Å². The molecular weight excluding hydrogens is 244 g/mol. The molecule has 0 bridgehead atoms. The molecule has 108 valence electrons. The van der Waals surface area contributed by atoms with Gasteiger partial charge in [-0.05, 0) is 39.0 Å². The van der Waals surface area contributed by atoms with E-state index in [1.54, 1.807) is 0 Å². The first-order chi connectivity index (χ1) is 9.15. The maximum absolute atomic E-state index is 12.1. The second-order valence-electron chi connectivity index (χ2n) is 4.87. The Labute approximate surface area is 114 Å². The number of rotatable bonds is 6. The van der Waals surface area contributed by atoms with E-state index in [0.717, 1.165) is 32.2 Å². The fourth-order valence-corrected chi connectivity index (χ4v) is 2.39. The van der Waals surface area contributed by atoms with Gasteiger partial charge in [-0.2, -0.15) is 0 Å². The van der Waals surface area contributed by atoms with Crippen molar-refractivity contribution in [3.05, 3.63) is 12.2 Å². The molecule has 1 heterocycles. The third-order valence-electron chi connectivity index (χ3n) is 3.40. The molecular formula is C14H24N2O3. The van der Waals surface area contributed by atoms with Crippen molar-refractivity contribution >= 4 is 12.0 Å². The highest BCUT2D eigenvalue weighted by Crippen LogP contribution is 2.20. The molecule has 0 aromatic rings. The normalized spacial score (nSPS) is 19.6. The predicted molar refractivity (Wildman–Crippen MR) is 74.0 cm³/mol. The minimum Gasteiger partial charge on any atom is -0.481 e. The smallest absolute Gasteiger partial charge is 0.317 e. The zero-order chi connectivity index (χ0) is 14.1. The van der Waals surface area contributed by atoms with Crippen LogP contribution in [0.15, 0.2) is 12.2 Å². The van der Waals surface area contributed by atoms with Gasteiger partial charge in [-0.3, -0.25) is 4.79 Å². The molecule has 0 spiro atoms. The van der Waals surface area contributed by atoms with E-state index in [1.807, 2.05) is 24.0 Å². The van der Waals surface area contributed by atoms with Gasteiger partial charge in [-0.25, -0.2) is 4.79 Å². The lowest BCUT2D eigenvalue weighted by molar-refractivity contribution is -0.137. The van der Waals surface area contributed by atoms with Gasteiger partial charge in [0, 0.05) is 25.6 Å². The molecule has 1 saturated heterocycles. The van der Waals surface area contributed by atoms with Gasteiger partial charge < -0.3 is 15.3 Å². The Kier molecular flexibility index (Phi) is 7.00. The van der Waals surface area contributed by atoms with E-state index >= 15 is 0 Å². The second kappa shape index (κ2) is 8.56. The highest BCUT2D eigenvalue weighted by atomic mass is 16.4. The lowest BCUT2D eigenvalue weighted by Gasteiger charge is -2.35.